The maximum atomic E-state index is 11.4. The number of aromatic nitrogens is 2. The van der Waals surface area contributed by atoms with Crippen molar-refractivity contribution in [3.8, 4) is 17.2 Å². The Kier molecular flexibility index (Phi) is 4.12. The summed E-state index contributed by atoms with van der Waals surface area (Å²) in [7, 11) is 1.33. The van der Waals surface area contributed by atoms with E-state index in [4.69, 9.17) is 13.9 Å². The highest BCUT2D eigenvalue weighted by atomic mass is 16.6. The van der Waals surface area contributed by atoms with Gasteiger partial charge in [-0.15, -0.1) is 10.2 Å². The second-order valence-corrected chi connectivity index (χ2v) is 3.78. The number of methoxy groups -OCH3 is 1. The monoisotopic (exact) mass is 293 g/mol. The molecule has 110 valence electrons. The van der Waals surface area contributed by atoms with Gasteiger partial charge in [-0.1, -0.05) is 0 Å². The van der Waals surface area contributed by atoms with Crippen molar-refractivity contribution in [2.24, 2.45) is 0 Å². The van der Waals surface area contributed by atoms with Crippen LogP contribution in [0.5, 0.6) is 5.75 Å². The van der Waals surface area contributed by atoms with Crippen LogP contribution in [-0.4, -0.2) is 34.8 Å². The molecule has 9 heteroatoms. The minimum absolute atomic E-state index is 0.0243. The Morgan fingerprint density at radius 2 is 2.19 bits per heavy atom. The number of esters is 1. The van der Waals surface area contributed by atoms with Gasteiger partial charge in [-0.2, -0.15) is 0 Å². The second kappa shape index (κ2) is 5.99. The zero-order valence-electron chi connectivity index (χ0n) is 11.2. The number of nitro groups is 1. The fraction of sp³-hybridized carbons (Fsp3) is 0.250. The molecule has 0 aliphatic heterocycles. The number of carbonyl (C=O) groups excluding carboxylic acids is 1. The van der Waals surface area contributed by atoms with Crippen molar-refractivity contribution in [3.05, 3.63) is 34.2 Å². The van der Waals surface area contributed by atoms with E-state index < -0.39 is 10.9 Å². The predicted octanol–water partition coefficient (Wildman–Crippen LogP) is 1.83. The van der Waals surface area contributed by atoms with Crippen molar-refractivity contribution < 1.29 is 23.6 Å². The molecule has 0 fully saturated rings. The highest BCUT2D eigenvalue weighted by molar-refractivity contribution is 5.84. The van der Waals surface area contributed by atoms with Crippen LogP contribution in [0, 0.1) is 10.1 Å². The molecule has 0 saturated carbocycles. The third-order valence-corrected chi connectivity index (χ3v) is 2.50. The van der Waals surface area contributed by atoms with Crippen molar-refractivity contribution in [1.82, 2.24) is 10.2 Å². The summed E-state index contributed by atoms with van der Waals surface area (Å²) in [6.07, 6.45) is 0. The van der Waals surface area contributed by atoms with Gasteiger partial charge in [0.05, 0.1) is 18.6 Å². The first kappa shape index (κ1) is 14.4. The number of nitro benzene ring substituents is 1. The summed E-state index contributed by atoms with van der Waals surface area (Å²) in [6.45, 7) is 1.81. The van der Waals surface area contributed by atoms with Crippen molar-refractivity contribution in [2.75, 3.05) is 13.7 Å². The van der Waals surface area contributed by atoms with E-state index in [0.717, 1.165) is 0 Å². The summed E-state index contributed by atoms with van der Waals surface area (Å²) < 4.78 is 14.7. The standard InChI is InChI=1S/C12H11N3O6/c1-3-20-12(16)11-14-13-10(21-11)7-4-5-9(19-2)8(6-7)15(17)18/h4-6H,3H2,1-2H3. The van der Waals surface area contributed by atoms with Gasteiger partial charge in [-0.3, -0.25) is 10.1 Å². The molecule has 1 heterocycles. The van der Waals surface area contributed by atoms with E-state index in [1.54, 1.807) is 6.92 Å². The predicted molar refractivity (Wildman–Crippen MR) is 68.9 cm³/mol. The van der Waals surface area contributed by atoms with E-state index in [1.807, 2.05) is 0 Å². The number of hydrogen-bond acceptors (Lipinski definition) is 8. The van der Waals surface area contributed by atoms with E-state index in [0.29, 0.717) is 5.56 Å². The van der Waals surface area contributed by atoms with Crippen molar-refractivity contribution in [3.63, 3.8) is 0 Å². The zero-order chi connectivity index (χ0) is 15.4. The maximum absolute atomic E-state index is 11.4. The largest absolute Gasteiger partial charge is 0.490 e. The van der Waals surface area contributed by atoms with E-state index in [9.17, 15) is 14.9 Å². The van der Waals surface area contributed by atoms with Gasteiger partial charge in [0, 0.05) is 11.6 Å². The van der Waals surface area contributed by atoms with Gasteiger partial charge in [0.25, 0.3) is 0 Å². The lowest BCUT2D eigenvalue weighted by atomic mass is 10.2. The fourth-order valence-corrected chi connectivity index (χ4v) is 1.58. The van der Waals surface area contributed by atoms with E-state index in [2.05, 4.69) is 10.2 Å². The Hall–Kier alpha value is -2.97. The second-order valence-electron chi connectivity index (χ2n) is 3.78. The molecule has 0 N–H and O–H groups in total. The minimum Gasteiger partial charge on any atom is -0.490 e. The van der Waals surface area contributed by atoms with Gasteiger partial charge in [-0.05, 0) is 19.1 Å². The number of benzene rings is 1. The Morgan fingerprint density at radius 1 is 1.43 bits per heavy atom. The average Bonchev–Trinajstić information content (AvgIpc) is 2.96. The average molecular weight is 293 g/mol. The smallest absolute Gasteiger partial charge is 0.396 e. The van der Waals surface area contributed by atoms with Crippen LogP contribution in [0.25, 0.3) is 11.5 Å². The topological polar surface area (TPSA) is 118 Å². The molecule has 0 spiro atoms. The number of hydrogen-bond donors (Lipinski definition) is 0. The van der Waals surface area contributed by atoms with Gasteiger partial charge in [-0.25, -0.2) is 4.79 Å². The maximum Gasteiger partial charge on any atom is 0.396 e. The van der Waals surface area contributed by atoms with Crippen LogP contribution < -0.4 is 4.74 Å². The Bertz CT molecular complexity index is 681. The Morgan fingerprint density at radius 3 is 2.81 bits per heavy atom. The SMILES string of the molecule is CCOC(=O)c1nnc(-c2ccc(OC)c([N+](=O)[O-])c2)o1. The molecular formula is C12H11N3O6. The molecule has 0 atom stereocenters. The van der Waals surface area contributed by atoms with Gasteiger partial charge < -0.3 is 13.9 Å². The summed E-state index contributed by atoms with van der Waals surface area (Å²) in [6, 6.07) is 4.14. The number of nitrogens with zero attached hydrogens (tertiary/aromatic N) is 3. The van der Waals surface area contributed by atoms with E-state index in [1.165, 1.54) is 25.3 Å². The Balaban J connectivity index is 2.36. The van der Waals surface area contributed by atoms with Crippen LogP contribution in [0.2, 0.25) is 0 Å². The molecule has 0 aliphatic rings. The van der Waals surface area contributed by atoms with E-state index >= 15 is 0 Å². The Labute approximate surface area is 118 Å². The molecule has 0 bridgehead atoms. The molecule has 1 aromatic heterocycles. The molecule has 0 aliphatic carbocycles. The number of ether oxygens (including phenoxy) is 2. The summed E-state index contributed by atoms with van der Waals surface area (Å²) in [4.78, 5) is 21.8. The first-order chi connectivity index (χ1) is 10.1. The fourth-order valence-electron chi connectivity index (χ4n) is 1.58. The first-order valence-electron chi connectivity index (χ1n) is 5.90. The third kappa shape index (κ3) is 2.96. The molecule has 9 nitrogen and oxygen atoms in total. The van der Waals surface area contributed by atoms with Crippen LogP contribution in [0.15, 0.2) is 22.6 Å². The number of carbonyl (C=O) groups is 1. The molecule has 1 aromatic carbocycles. The first-order valence-corrected chi connectivity index (χ1v) is 5.90. The normalized spacial score (nSPS) is 10.2. The molecule has 2 rings (SSSR count). The summed E-state index contributed by atoms with van der Waals surface area (Å²) >= 11 is 0. The molecule has 2 aromatic rings. The highest BCUT2D eigenvalue weighted by Crippen LogP contribution is 2.31. The zero-order valence-corrected chi connectivity index (χ0v) is 11.2. The quantitative estimate of drug-likeness (QED) is 0.465. The lowest BCUT2D eigenvalue weighted by molar-refractivity contribution is -0.385. The van der Waals surface area contributed by atoms with Crippen LogP contribution in [0.4, 0.5) is 5.69 Å². The van der Waals surface area contributed by atoms with Gasteiger partial charge in [0.1, 0.15) is 0 Å². The minimum atomic E-state index is -0.751. The van der Waals surface area contributed by atoms with Crippen LogP contribution in [-0.2, 0) is 4.74 Å². The molecule has 0 radical (unpaired) electrons. The molecule has 0 saturated heterocycles. The van der Waals surface area contributed by atoms with Crippen molar-refractivity contribution in [2.45, 2.75) is 6.92 Å². The molecule has 21 heavy (non-hydrogen) atoms. The lowest BCUT2D eigenvalue weighted by Gasteiger charge is -2.02. The molecule has 0 amide bonds. The van der Waals surface area contributed by atoms with E-state index in [-0.39, 0.29) is 29.8 Å². The van der Waals surface area contributed by atoms with Crippen LogP contribution in [0.3, 0.4) is 0 Å². The van der Waals surface area contributed by atoms with Gasteiger partial charge in [0.2, 0.25) is 5.89 Å². The van der Waals surface area contributed by atoms with Crippen molar-refractivity contribution in [1.29, 1.82) is 0 Å². The van der Waals surface area contributed by atoms with Gasteiger partial charge >= 0.3 is 17.5 Å². The van der Waals surface area contributed by atoms with Crippen LogP contribution >= 0.6 is 0 Å². The number of rotatable bonds is 5. The summed E-state index contributed by atoms with van der Waals surface area (Å²) in [5.41, 5.74) is 0.0523. The molecule has 0 unspecified atom stereocenters. The van der Waals surface area contributed by atoms with Gasteiger partial charge in [0.15, 0.2) is 5.75 Å². The highest BCUT2D eigenvalue weighted by Gasteiger charge is 2.20. The summed E-state index contributed by atoms with van der Waals surface area (Å²) in [5.74, 6) is -0.984. The summed E-state index contributed by atoms with van der Waals surface area (Å²) in [5, 5.41) is 18.1. The lowest BCUT2D eigenvalue weighted by Crippen LogP contribution is -2.04. The van der Waals surface area contributed by atoms with Crippen LogP contribution in [0.1, 0.15) is 17.6 Å². The van der Waals surface area contributed by atoms with Crippen molar-refractivity contribution >= 4 is 11.7 Å². The molecular weight excluding hydrogens is 282 g/mol. The third-order valence-electron chi connectivity index (χ3n) is 2.50.